The van der Waals surface area contributed by atoms with Crippen molar-refractivity contribution in [3.63, 3.8) is 0 Å². The first-order valence-electron chi connectivity index (χ1n) is 15.7. The quantitative estimate of drug-likeness (QED) is 0.198. The van der Waals surface area contributed by atoms with Gasteiger partial charge in [-0.15, -0.1) is 23.2 Å². The van der Waals surface area contributed by atoms with Crippen molar-refractivity contribution >= 4 is 52.5 Å². The Morgan fingerprint density at radius 2 is 1.59 bits per heavy atom. The van der Waals surface area contributed by atoms with E-state index in [0.29, 0.717) is 12.0 Å². The number of allylic oxidation sites excluding steroid dienone is 2. The summed E-state index contributed by atoms with van der Waals surface area (Å²) < 4.78 is 24.9. The van der Waals surface area contributed by atoms with Gasteiger partial charge in [-0.2, -0.15) is 0 Å². The van der Waals surface area contributed by atoms with Crippen LogP contribution in [-0.4, -0.2) is 69.3 Å². The average molecular weight is 710 g/mol. The molecule has 1 saturated carbocycles. The van der Waals surface area contributed by atoms with E-state index in [1.165, 1.54) is 55.5 Å². The van der Waals surface area contributed by atoms with Crippen molar-refractivity contribution in [1.29, 1.82) is 0 Å². The summed E-state index contributed by atoms with van der Waals surface area (Å²) in [7, 11) is 2.76. The number of rotatable bonds is 7. The molecule has 6 atom stereocenters. The molecule has 2 N–H and O–H groups in total. The molecule has 3 aromatic carbocycles. The number of amides is 4. The number of fused-ring (bicyclic) bond motifs is 4. The van der Waals surface area contributed by atoms with Gasteiger partial charge in [0.15, 0.2) is 9.75 Å². The van der Waals surface area contributed by atoms with Gasteiger partial charge >= 0.3 is 0 Å². The van der Waals surface area contributed by atoms with Crippen LogP contribution >= 0.6 is 23.2 Å². The van der Waals surface area contributed by atoms with Crippen LogP contribution in [0.5, 0.6) is 23.0 Å². The Hall–Kier alpha value is -4.61. The summed E-state index contributed by atoms with van der Waals surface area (Å²) in [6, 6.07) is 14.0. The Labute approximate surface area is 290 Å². The molecular formula is C36H31Cl2FN2O8. The second-order valence-corrected chi connectivity index (χ2v) is 14.0. The van der Waals surface area contributed by atoms with E-state index < -0.39 is 57.0 Å². The van der Waals surface area contributed by atoms with Crippen LogP contribution in [0.15, 0.2) is 72.3 Å². The minimum Gasteiger partial charge on any atom is -0.508 e. The van der Waals surface area contributed by atoms with Crippen LogP contribution in [0, 0.1) is 23.6 Å². The molecule has 0 spiro atoms. The molecule has 3 fully saturated rings. The van der Waals surface area contributed by atoms with Gasteiger partial charge in [0, 0.05) is 30.2 Å². The fourth-order valence-corrected chi connectivity index (χ4v) is 8.99. The monoisotopic (exact) mass is 708 g/mol. The molecule has 2 aliphatic heterocycles. The number of benzene rings is 3. The Balaban J connectivity index is 1.36. The maximum atomic E-state index is 14.6. The van der Waals surface area contributed by atoms with Gasteiger partial charge in [0.05, 0.1) is 31.7 Å². The molecule has 2 aliphatic carbocycles. The number of alkyl halides is 2. The van der Waals surface area contributed by atoms with Crippen molar-refractivity contribution in [2.24, 2.45) is 17.8 Å². The third kappa shape index (κ3) is 4.73. The Morgan fingerprint density at radius 3 is 2.24 bits per heavy atom. The van der Waals surface area contributed by atoms with Gasteiger partial charge < -0.3 is 19.7 Å². The lowest BCUT2D eigenvalue weighted by Gasteiger charge is -2.50. The van der Waals surface area contributed by atoms with Crippen LogP contribution in [-0.2, 0) is 25.6 Å². The minimum absolute atomic E-state index is 0.0397. The Bertz CT molecular complexity index is 1940. The zero-order valence-electron chi connectivity index (χ0n) is 26.4. The molecule has 0 bridgehead atoms. The molecule has 254 valence electrons. The first-order chi connectivity index (χ1) is 23.3. The predicted molar refractivity (Wildman–Crippen MR) is 176 cm³/mol. The molecule has 4 amide bonds. The van der Waals surface area contributed by atoms with Crippen LogP contribution in [0.4, 0.5) is 10.1 Å². The topological polar surface area (TPSA) is 134 Å². The predicted octanol–water partition coefficient (Wildman–Crippen LogP) is 5.06. The lowest BCUT2D eigenvalue weighted by molar-refractivity contribution is -0.140. The van der Waals surface area contributed by atoms with E-state index in [0.717, 1.165) is 22.6 Å². The highest BCUT2D eigenvalue weighted by atomic mass is 35.5. The van der Waals surface area contributed by atoms with Gasteiger partial charge in [0.25, 0.3) is 11.8 Å². The average Bonchev–Trinajstić information content (AvgIpc) is 3.42. The highest BCUT2D eigenvalue weighted by molar-refractivity contribution is 6.58. The Morgan fingerprint density at radius 1 is 0.898 bits per heavy atom. The van der Waals surface area contributed by atoms with Gasteiger partial charge in [0.1, 0.15) is 28.8 Å². The number of imide groups is 2. The van der Waals surface area contributed by atoms with Crippen LogP contribution in [0.2, 0.25) is 0 Å². The molecule has 2 heterocycles. The lowest BCUT2D eigenvalue weighted by atomic mass is 9.56. The first kappa shape index (κ1) is 32.9. The number of phenolic OH excluding ortho intramolecular Hbond substituents is 2. The van der Waals surface area contributed by atoms with Crippen LogP contribution in [0.3, 0.4) is 0 Å². The molecule has 49 heavy (non-hydrogen) atoms. The third-order valence-corrected chi connectivity index (χ3v) is 11.8. The number of phenols is 2. The van der Waals surface area contributed by atoms with E-state index in [1.807, 2.05) is 0 Å². The van der Waals surface area contributed by atoms with E-state index in [1.54, 1.807) is 18.2 Å². The first-order valence-corrected chi connectivity index (χ1v) is 16.4. The SMILES string of the molecule is COc1cc(O)c(C2C3=CCC4C(=O)N(CCc5ccc(O)cc5)C(=O)C4C3CC3(Cl)C(=O)N(c4ccc(F)cc4)C(=O)C23Cl)c(OC)c1. The number of ether oxygens (including phenoxy) is 2. The molecule has 0 aromatic heterocycles. The maximum Gasteiger partial charge on any atom is 0.258 e. The van der Waals surface area contributed by atoms with Gasteiger partial charge in [-0.05, 0) is 67.1 Å². The van der Waals surface area contributed by atoms with E-state index >= 15 is 0 Å². The summed E-state index contributed by atoms with van der Waals surface area (Å²) in [6.07, 6.45) is 1.98. The van der Waals surface area contributed by atoms with Crippen molar-refractivity contribution in [1.82, 2.24) is 4.90 Å². The minimum atomic E-state index is -2.25. The van der Waals surface area contributed by atoms with E-state index in [2.05, 4.69) is 0 Å². The summed E-state index contributed by atoms with van der Waals surface area (Å²) in [5.41, 5.74) is 1.38. The number of likely N-dealkylation sites (tertiary alicyclic amines) is 1. The summed E-state index contributed by atoms with van der Waals surface area (Å²) in [4.78, 5) is 54.6. The largest absolute Gasteiger partial charge is 0.508 e. The smallest absolute Gasteiger partial charge is 0.258 e. The van der Waals surface area contributed by atoms with Crippen molar-refractivity contribution in [2.45, 2.75) is 34.9 Å². The van der Waals surface area contributed by atoms with Crippen molar-refractivity contribution in [2.75, 3.05) is 25.7 Å². The highest BCUT2D eigenvalue weighted by Crippen LogP contribution is 2.67. The second-order valence-electron chi connectivity index (χ2n) is 12.8. The number of halogens is 3. The molecule has 0 radical (unpaired) electrons. The molecule has 7 rings (SSSR count). The standard InChI is InChI=1S/C36H31Cl2FN2O8/c1-48-22-15-26(43)29(27(16-22)49-2)30-23-11-12-24-28(32(45)40(31(24)44)14-13-18-3-9-21(42)10-4-18)25(23)17-35(37)33(46)41(34(47)36(30,35)38)20-7-5-19(39)6-8-20/h3-11,15-16,24-25,28,30,42-43H,12-14,17H2,1-2H3. The number of hydrogen-bond acceptors (Lipinski definition) is 8. The molecule has 4 aliphatic rings. The normalized spacial score (nSPS) is 29.0. The summed E-state index contributed by atoms with van der Waals surface area (Å²) in [5, 5.41) is 21.1. The highest BCUT2D eigenvalue weighted by Gasteiger charge is 2.77. The molecule has 6 unspecified atom stereocenters. The molecule has 10 nitrogen and oxygen atoms in total. The van der Waals surface area contributed by atoms with E-state index in [9.17, 15) is 33.8 Å². The second kappa shape index (κ2) is 11.8. The fraction of sp³-hybridized carbons (Fsp3) is 0.333. The zero-order valence-corrected chi connectivity index (χ0v) is 27.9. The van der Waals surface area contributed by atoms with Crippen molar-refractivity contribution in [3.8, 4) is 23.0 Å². The van der Waals surface area contributed by atoms with Gasteiger partial charge in [-0.1, -0.05) is 23.8 Å². The van der Waals surface area contributed by atoms with Crippen molar-refractivity contribution < 1.29 is 43.3 Å². The van der Waals surface area contributed by atoms with Crippen LogP contribution in [0.25, 0.3) is 0 Å². The number of methoxy groups -OCH3 is 2. The number of carbonyl (C=O) groups excluding carboxylic acids is 4. The van der Waals surface area contributed by atoms with Crippen LogP contribution < -0.4 is 14.4 Å². The molecule has 3 aromatic rings. The van der Waals surface area contributed by atoms with E-state index in [-0.39, 0.29) is 59.5 Å². The molecule has 2 saturated heterocycles. The summed E-state index contributed by atoms with van der Waals surface area (Å²) in [6.45, 7) is 0.0925. The number of nitrogens with zero attached hydrogens (tertiary/aromatic N) is 2. The molecular weight excluding hydrogens is 678 g/mol. The summed E-state index contributed by atoms with van der Waals surface area (Å²) in [5.74, 6) is -6.91. The van der Waals surface area contributed by atoms with Gasteiger partial charge in [0.2, 0.25) is 11.8 Å². The van der Waals surface area contributed by atoms with Crippen molar-refractivity contribution in [3.05, 3.63) is 89.3 Å². The number of anilines is 1. The van der Waals surface area contributed by atoms with Gasteiger partial charge in [-0.25, -0.2) is 9.29 Å². The number of carbonyl (C=O) groups is 4. The number of aromatic hydroxyl groups is 2. The lowest BCUT2D eigenvalue weighted by Crippen LogP contribution is -2.60. The summed E-state index contributed by atoms with van der Waals surface area (Å²) >= 11 is 14.8. The maximum absolute atomic E-state index is 14.6. The fourth-order valence-electron chi connectivity index (χ4n) is 8.07. The number of hydrogen-bond donors (Lipinski definition) is 2. The van der Waals surface area contributed by atoms with Crippen LogP contribution in [0.1, 0.15) is 29.9 Å². The van der Waals surface area contributed by atoms with E-state index in [4.69, 9.17) is 32.7 Å². The zero-order chi connectivity index (χ0) is 35.0. The third-order valence-electron chi connectivity index (χ3n) is 10.4. The van der Waals surface area contributed by atoms with Gasteiger partial charge in [-0.3, -0.25) is 24.1 Å². The Kier molecular flexibility index (Phi) is 7.91. The molecule has 13 heteroatoms.